The molecule has 2 rings (SSSR count). The average molecular weight is 318 g/mol. The topological polar surface area (TPSA) is 12.0 Å². The van der Waals surface area contributed by atoms with Crippen LogP contribution in [-0.4, -0.2) is 12.8 Å². The molecule has 1 N–H and O–H groups in total. The number of thioether (sulfide) groups is 1. The summed E-state index contributed by atoms with van der Waals surface area (Å²) in [6.07, 6.45) is 0. The van der Waals surface area contributed by atoms with E-state index in [2.05, 4.69) is 5.32 Å². The summed E-state index contributed by atoms with van der Waals surface area (Å²) in [4.78, 5) is 2.28. The Bertz CT molecular complexity index is 513. The molecule has 1 aromatic carbocycles. The number of rotatable bonds is 5. The highest BCUT2D eigenvalue weighted by molar-refractivity contribution is 7.99. The summed E-state index contributed by atoms with van der Waals surface area (Å²) >= 11 is 15.7. The van der Waals surface area contributed by atoms with Crippen LogP contribution in [0.1, 0.15) is 10.9 Å². The highest BCUT2D eigenvalue weighted by Gasteiger charge is 2.15. The highest BCUT2D eigenvalue weighted by Crippen LogP contribution is 2.34. The van der Waals surface area contributed by atoms with E-state index >= 15 is 0 Å². The molecule has 5 heteroatoms. The molecule has 0 fully saturated rings. The fourth-order valence-corrected chi connectivity index (χ4v) is 4.34. The van der Waals surface area contributed by atoms with E-state index in [0.717, 1.165) is 20.7 Å². The second-order valence-electron chi connectivity index (χ2n) is 3.72. The van der Waals surface area contributed by atoms with Crippen molar-refractivity contribution in [1.82, 2.24) is 5.32 Å². The molecular formula is C13H13Cl2NS2. The molecule has 0 aliphatic heterocycles. The third-order valence-electron chi connectivity index (χ3n) is 2.55. The zero-order valence-corrected chi connectivity index (χ0v) is 13.0. The molecule has 0 radical (unpaired) electrons. The Morgan fingerprint density at radius 3 is 2.61 bits per heavy atom. The van der Waals surface area contributed by atoms with Gasteiger partial charge < -0.3 is 5.32 Å². The summed E-state index contributed by atoms with van der Waals surface area (Å²) in [6, 6.07) is 10.1. The zero-order chi connectivity index (χ0) is 13.0. The van der Waals surface area contributed by atoms with Crippen LogP contribution in [0.4, 0.5) is 0 Å². The van der Waals surface area contributed by atoms with Crippen LogP contribution in [0, 0.1) is 0 Å². The largest absolute Gasteiger partial charge is 0.312 e. The lowest BCUT2D eigenvalue weighted by molar-refractivity contribution is 0.674. The fraction of sp³-hybridized carbons (Fsp3) is 0.231. The maximum atomic E-state index is 6.16. The molecule has 2 aromatic rings. The first-order valence-corrected chi connectivity index (χ1v) is 8.12. The monoisotopic (exact) mass is 317 g/mol. The Hall–Kier alpha value is -0.190. The minimum absolute atomic E-state index is 0.249. The minimum atomic E-state index is 0.249. The molecule has 0 amide bonds. The molecule has 0 bridgehead atoms. The normalized spacial score (nSPS) is 12.6. The van der Waals surface area contributed by atoms with Crippen molar-refractivity contribution in [2.45, 2.75) is 10.9 Å². The highest BCUT2D eigenvalue weighted by atomic mass is 35.5. The summed E-state index contributed by atoms with van der Waals surface area (Å²) in [5.41, 5.74) is 0. The lowest BCUT2D eigenvalue weighted by Crippen LogP contribution is -2.17. The Labute approximate surface area is 126 Å². The first kappa shape index (κ1) is 14.2. The van der Waals surface area contributed by atoms with Crippen molar-refractivity contribution in [2.75, 3.05) is 12.8 Å². The third-order valence-corrected chi connectivity index (χ3v) is 5.63. The molecule has 1 atom stereocenters. The number of thiophene rings is 1. The summed E-state index contributed by atoms with van der Waals surface area (Å²) in [7, 11) is 1.95. The lowest BCUT2D eigenvalue weighted by atomic mass is 10.3. The van der Waals surface area contributed by atoms with Crippen molar-refractivity contribution < 1.29 is 0 Å². The van der Waals surface area contributed by atoms with Gasteiger partial charge in [0.1, 0.15) is 0 Å². The van der Waals surface area contributed by atoms with E-state index in [0.29, 0.717) is 0 Å². The van der Waals surface area contributed by atoms with E-state index < -0.39 is 0 Å². The van der Waals surface area contributed by atoms with E-state index in [-0.39, 0.29) is 6.04 Å². The van der Waals surface area contributed by atoms with E-state index in [4.69, 9.17) is 23.2 Å². The Balaban J connectivity index is 2.05. The van der Waals surface area contributed by atoms with Crippen LogP contribution < -0.4 is 5.32 Å². The van der Waals surface area contributed by atoms with Crippen molar-refractivity contribution in [3.05, 3.63) is 50.6 Å². The molecule has 1 nitrogen and oxygen atoms in total. The van der Waals surface area contributed by atoms with Gasteiger partial charge in [-0.25, -0.2) is 0 Å². The Morgan fingerprint density at radius 1 is 1.22 bits per heavy atom. The molecule has 0 saturated heterocycles. The average Bonchev–Trinajstić information content (AvgIpc) is 2.79. The van der Waals surface area contributed by atoms with Crippen LogP contribution >= 0.6 is 46.3 Å². The van der Waals surface area contributed by atoms with Crippen LogP contribution in [-0.2, 0) is 0 Å². The Morgan fingerprint density at radius 2 is 2.00 bits per heavy atom. The fourth-order valence-electron chi connectivity index (χ4n) is 1.58. The zero-order valence-electron chi connectivity index (χ0n) is 9.82. The number of halogens is 2. The van der Waals surface area contributed by atoms with Crippen LogP contribution in [0.3, 0.4) is 0 Å². The Kier molecular flexibility index (Phi) is 5.39. The quantitative estimate of drug-likeness (QED) is 0.769. The maximum absolute atomic E-state index is 6.16. The van der Waals surface area contributed by atoms with Gasteiger partial charge >= 0.3 is 0 Å². The van der Waals surface area contributed by atoms with Gasteiger partial charge in [-0.1, -0.05) is 35.3 Å². The van der Waals surface area contributed by atoms with Gasteiger partial charge in [0.2, 0.25) is 0 Å². The van der Waals surface area contributed by atoms with Crippen molar-refractivity contribution in [1.29, 1.82) is 0 Å². The van der Waals surface area contributed by atoms with Crippen molar-refractivity contribution >= 4 is 46.3 Å². The third kappa shape index (κ3) is 3.43. The molecule has 0 aliphatic rings. The standard InChI is InChI=1S/C13H13Cl2NS2/c1-16-11(13-10(15)6-7-17-13)8-18-12-5-3-2-4-9(12)14/h2-7,11,16H,8H2,1H3. The van der Waals surface area contributed by atoms with Crippen LogP contribution in [0.2, 0.25) is 10.0 Å². The lowest BCUT2D eigenvalue weighted by Gasteiger charge is -2.15. The summed E-state index contributed by atoms with van der Waals surface area (Å²) in [6.45, 7) is 0. The van der Waals surface area contributed by atoms with E-state index in [9.17, 15) is 0 Å². The minimum Gasteiger partial charge on any atom is -0.312 e. The molecule has 18 heavy (non-hydrogen) atoms. The number of hydrogen-bond acceptors (Lipinski definition) is 3. The molecule has 0 saturated carbocycles. The number of nitrogens with one attached hydrogen (secondary N) is 1. The molecular weight excluding hydrogens is 305 g/mol. The van der Waals surface area contributed by atoms with Gasteiger partial charge in [-0.3, -0.25) is 0 Å². The smallest absolute Gasteiger partial charge is 0.0561 e. The van der Waals surface area contributed by atoms with Crippen molar-refractivity contribution in [3.8, 4) is 0 Å². The van der Waals surface area contributed by atoms with Gasteiger partial charge in [0.15, 0.2) is 0 Å². The molecule has 96 valence electrons. The van der Waals surface area contributed by atoms with Crippen LogP contribution in [0.25, 0.3) is 0 Å². The summed E-state index contributed by atoms with van der Waals surface area (Å²) < 4.78 is 0. The van der Waals surface area contributed by atoms with Crippen LogP contribution in [0.15, 0.2) is 40.6 Å². The number of hydrogen-bond donors (Lipinski definition) is 1. The maximum Gasteiger partial charge on any atom is 0.0561 e. The van der Waals surface area contributed by atoms with Crippen LogP contribution in [0.5, 0.6) is 0 Å². The van der Waals surface area contributed by atoms with Crippen molar-refractivity contribution in [2.24, 2.45) is 0 Å². The van der Waals surface area contributed by atoms with Crippen molar-refractivity contribution in [3.63, 3.8) is 0 Å². The molecule has 1 heterocycles. The molecule has 1 aromatic heterocycles. The number of benzene rings is 1. The molecule has 0 spiro atoms. The summed E-state index contributed by atoms with van der Waals surface area (Å²) in [5.74, 6) is 0.903. The first-order chi connectivity index (χ1) is 8.72. The van der Waals surface area contributed by atoms with E-state index in [1.165, 1.54) is 4.88 Å². The second-order valence-corrected chi connectivity index (χ2v) is 6.54. The predicted molar refractivity (Wildman–Crippen MR) is 83.3 cm³/mol. The predicted octanol–water partition coefficient (Wildman–Crippen LogP) is 5.11. The van der Waals surface area contributed by atoms with Gasteiger partial charge in [0, 0.05) is 15.5 Å². The first-order valence-electron chi connectivity index (χ1n) is 5.50. The summed E-state index contributed by atoms with van der Waals surface area (Å²) in [5, 5.41) is 6.95. The van der Waals surface area contributed by atoms with E-state index in [1.54, 1.807) is 23.1 Å². The molecule has 0 aliphatic carbocycles. The SMILES string of the molecule is CNC(CSc1ccccc1Cl)c1sccc1Cl. The van der Waals surface area contributed by atoms with Gasteiger partial charge in [-0.15, -0.1) is 23.1 Å². The van der Waals surface area contributed by atoms with Gasteiger partial charge in [-0.2, -0.15) is 0 Å². The van der Waals surface area contributed by atoms with E-state index in [1.807, 2.05) is 42.8 Å². The molecule has 1 unspecified atom stereocenters. The van der Waals surface area contributed by atoms with Gasteiger partial charge in [-0.05, 0) is 30.6 Å². The van der Waals surface area contributed by atoms with Gasteiger partial charge in [0.05, 0.1) is 16.1 Å². The van der Waals surface area contributed by atoms with Gasteiger partial charge in [0.25, 0.3) is 0 Å². The second kappa shape index (κ2) is 6.83.